The molecular formula is C14H19Br2N3O. The van der Waals surface area contributed by atoms with E-state index in [-0.39, 0.29) is 5.91 Å². The van der Waals surface area contributed by atoms with Crippen molar-refractivity contribution >= 4 is 43.5 Å². The van der Waals surface area contributed by atoms with Crippen LogP contribution < -0.4 is 10.6 Å². The fourth-order valence-corrected chi connectivity index (χ4v) is 3.70. The normalized spacial score (nSPS) is 23.6. The van der Waals surface area contributed by atoms with Gasteiger partial charge in [-0.1, -0.05) is 15.9 Å². The van der Waals surface area contributed by atoms with Crippen LogP contribution in [0.4, 0.5) is 5.69 Å². The Kier molecular flexibility index (Phi) is 5.60. The first-order chi connectivity index (χ1) is 9.44. The molecule has 0 bridgehead atoms. The average Bonchev–Trinajstić information content (AvgIpc) is 2.31. The quantitative estimate of drug-likeness (QED) is 0.814. The van der Waals surface area contributed by atoms with Crippen molar-refractivity contribution < 1.29 is 4.79 Å². The Morgan fingerprint density at radius 1 is 1.35 bits per heavy atom. The third kappa shape index (κ3) is 4.55. The van der Waals surface area contributed by atoms with E-state index < -0.39 is 0 Å². The van der Waals surface area contributed by atoms with Gasteiger partial charge in [0.25, 0.3) is 0 Å². The molecule has 1 aliphatic heterocycles. The van der Waals surface area contributed by atoms with Crippen LogP contribution in [0.1, 0.15) is 13.8 Å². The minimum absolute atomic E-state index is 0.0225. The zero-order chi connectivity index (χ0) is 14.7. The maximum atomic E-state index is 12.1. The van der Waals surface area contributed by atoms with Crippen LogP contribution in [-0.4, -0.2) is 42.5 Å². The van der Waals surface area contributed by atoms with Gasteiger partial charge in [0.1, 0.15) is 0 Å². The molecule has 1 fully saturated rings. The van der Waals surface area contributed by atoms with Crippen LogP contribution in [0.5, 0.6) is 0 Å². The third-order valence-corrected chi connectivity index (χ3v) is 4.35. The van der Waals surface area contributed by atoms with Gasteiger partial charge in [-0.2, -0.15) is 0 Å². The second kappa shape index (κ2) is 7.02. The molecule has 0 aromatic heterocycles. The highest BCUT2D eigenvalue weighted by atomic mass is 79.9. The molecule has 20 heavy (non-hydrogen) atoms. The summed E-state index contributed by atoms with van der Waals surface area (Å²) in [4.78, 5) is 14.3. The first-order valence-electron chi connectivity index (χ1n) is 6.67. The molecule has 1 heterocycles. The van der Waals surface area contributed by atoms with Crippen molar-refractivity contribution in [3.63, 3.8) is 0 Å². The predicted octanol–water partition coefficient (Wildman–Crippen LogP) is 2.83. The molecule has 1 amide bonds. The summed E-state index contributed by atoms with van der Waals surface area (Å²) >= 11 is 6.85. The molecule has 4 nitrogen and oxygen atoms in total. The molecule has 6 heteroatoms. The molecule has 110 valence electrons. The van der Waals surface area contributed by atoms with Crippen LogP contribution in [0.3, 0.4) is 0 Å². The van der Waals surface area contributed by atoms with Gasteiger partial charge in [0.15, 0.2) is 0 Å². The molecule has 0 radical (unpaired) electrons. The number of anilines is 1. The van der Waals surface area contributed by atoms with E-state index in [1.165, 1.54) is 0 Å². The van der Waals surface area contributed by atoms with Crippen molar-refractivity contribution in [1.82, 2.24) is 10.2 Å². The molecule has 2 unspecified atom stereocenters. The summed E-state index contributed by atoms with van der Waals surface area (Å²) in [7, 11) is 0. The number of piperazine rings is 1. The monoisotopic (exact) mass is 403 g/mol. The van der Waals surface area contributed by atoms with Crippen molar-refractivity contribution in [1.29, 1.82) is 0 Å². The Hall–Kier alpha value is -0.430. The highest BCUT2D eigenvalue weighted by Gasteiger charge is 2.22. The Morgan fingerprint density at radius 3 is 2.60 bits per heavy atom. The van der Waals surface area contributed by atoms with E-state index in [0.29, 0.717) is 18.6 Å². The number of nitrogens with one attached hydrogen (secondary N) is 2. The number of nitrogens with zero attached hydrogens (tertiary/aromatic N) is 1. The summed E-state index contributed by atoms with van der Waals surface area (Å²) in [5, 5.41) is 6.41. The van der Waals surface area contributed by atoms with Gasteiger partial charge >= 0.3 is 0 Å². The lowest BCUT2D eigenvalue weighted by Crippen LogP contribution is -2.55. The van der Waals surface area contributed by atoms with Crippen LogP contribution in [-0.2, 0) is 4.79 Å². The van der Waals surface area contributed by atoms with Gasteiger partial charge in [-0.3, -0.25) is 9.69 Å². The Bertz CT molecular complexity index is 485. The Morgan fingerprint density at radius 2 is 2.00 bits per heavy atom. The minimum atomic E-state index is 0.0225. The number of rotatable bonds is 3. The standard InChI is InChI=1S/C14H19Br2N3O/c1-9-6-19(7-10(2)17-9)8-14(20)18-13-4-3-11(15)5-12(13)16/h3-5,9-10,17H,6-8H2,1-2H3,(H,18,20). The molecule has 0 saturated carbocycles. The van der Waals surface area contributed by atoms with E-state index in [1.807, 2.05) is 18.2 Å². The number of hydrogen-bond acceptors (Lipinski definition) is 3. The number of carbonyl (C=O) groups is 1. The van der Waals surface area contributed by atoms with Gasteiger partial charge in [-0.05, 0) is 48.0 Å². The van der Waals surface area contributed by atoms with Crippen LogP contribution in [0, 0.1) is 0 Å². The first-order valence-corrected chi connectivity index (χ1v) is 8.26. The highest BCUT2D eigenvalue weighted by Crippen LogP contribution is 2.26. The molecule has 1 aromatic carbocycles. The number of hydrogen-bond donors (Lipinski definition) is 2. The van der Waals surface area contributed by atoms with E-state index >= 15 is 0 Å². The van der Waals surface area contributed by atoms with Gasteiger partial charge in [0, 0.05) is 34.1 Å². The fourth-order valence-electron chi connectivity index (χ4n) is 2.55. The lowest BCUT2D eigenvalue weighted by atomic mass is 10.1. The molecule has 2 rings (SSSR count). The Labute approximate surface area is 136 Å². The predicted molar refractivity (Wildman–Crippen MR) is 89.0 cm³/mol. The van der Waals surface area contributed by atoms with E-state index in [0.717, 1.165) is 27.7 Å². The van der Waals surface area contributed by atoms with Gasteiger partial charge in [-0.25, -0.2) is 0 Å². The molecule has 1 saturated heterocycles. The Balaban J connectivity index is 1.92. The van der Waals surface area contributed by atoms with Crippen molar-refractivity contribution in [3.05, 3.63) is 27.1 Å². The van der Waals surface area contributed by atoms with Gasteiger partial charge in [0.05, 0.1) is 12.2 Å². The summed E-state index contributed by atoms with van der Waals surface area (Å²) in [6, 6.07) is 6.56. The van der Waals surface area contributed by atoms with Crippen LogP contribution in [0.15, 0.2) is 27.1 Å². The van der Waals surface area contributed by atoms with Crippen LogP contribution >= 0.6 is 31.9 Å². The number of amides is 1. The molecule has 0 spiro atoms. The number of carbonyl (C=O) groups excluding carboxylic acids is 1. The van der Waals surface area contributed by atoms with Gasteiger partial charge < -0.3 is 10.6 Å². The second-order valence-corrected chi connectivity index (χ2v) is 7.11. The molecule has 0 aliphatic carbocycles. The largest absolute Gasteiger partial charge is 0.324 e. The molecule has 1 aromatic rings. The van der Waals surface area contributed by atoms with Crippen molar-refractivity contribution in [2.24, 2.45) is 0 Å². The number of halogens is 2. The second-order valence-electron chi connectivity index (χ2n) is 5.34. The van der Waals surface area contributed by atoms with E-state index in [2.05, 4.69) is 61.2 Å². The maximum Gasteiger partial charge on any atom is 0.238 e. The van der Waals surface area contributed by atoms with E-state index in [1.54, 1.807) is 0 Å². The number of benzene rings is 1. The summed E-state index contributed by atoms with van der Waals surface area (Å²) in [6.07, 6.45) is 0. The molecule has 2 N–H and O–H groups in total. The van der Waals surface area contributed by atoms with Crippen LogP contribution in [0.25, 0.3) is 0 Å². The summed E-state index contributed by atoms with van der Waals surface area (Å²) in [5.74, 6) is 0.0225. The first kappa shape index (κ1) is 15.9. The SMILES string of the molecule is CC1CN(CC(=O)Nc2ccc(Br)cc2Br)CC(C)N1. The summed E-state index contributed by atoms with van der Waals surface area (Å²) < 4.78 is 1.86. The van der Waals surface area contributed by atoms with Crippen LogP contribution in [0.2, 0.25) is 0 Å². The smallest absolute Gasteiger partial charge is 0.238 e. The highest BCUT2D eigenvalue weighted by molar-refractivity contribution is 9.11. The van der Waals surface area contributed by atoms with E-state index in [9.17, 15) is 4.79 Å². The summed E-state index contributed by atoms with van der Waals surface area (Å²) in [6.45, 7) is 6.52. The van der Waals surface area contributed by atoms with Gasteiger partial charge in [0.2, 0.25) is 5.91 Å². The van der Waals surface area contributed by atoms with Crippen molar-refractivity contribution in [3.8, 4) is 0 Å². The third-order valence-electron chi connectivity index (χ3n) is 3.21. The lowest BCUT2D eigenvalue weighted by molar-refractivity contribution is -0.117. The average molecular weight is 405 g/mol. The van der Waals surface area contributed by atoms with Crippen molar-refractivity contribution in [2.75, 3.05) is 25.0 Å². The minimum Gasteiger partial charge on any atom is -0.324 e. The zero-order valence-corrected chi connectivity index (χ0v) is 14.8. The molecule has 1 aliphatic rings. The lowest BCUT2D eigenvalue weighted by Gasteiger charge is -2.35. The van der Waals surface area contributed by atoms with Crippen molar-refractivity contribution in [2.45, 2.75) is 25.9 Å². The van der Waals surface area contributed by atoms with Gasteiger partial charge in [-0.15, -0.1) is 0 Å². The molecular weight excluding hydrogens is 386 g/mol. The fraction of sp³-hybridized carbons (Fsp3) is 0.500. The maximum absolute atomic E-state index is 12.1. The molecule has 2 atom stereocenters. The zero-order valence-electron chi connectivity index (χ0n) is 11.6. The topological polar surface area (TPSA) is 44.4 Å². The van der Waals surface area contributed by atoms with E-state index in [4.69, 9.17) is 0 Å². The summed E-state index contributed by atoms with van der Waals surface area (Å²) in [5.41, 5.74) is 0.800.